The summed E-state index contributed by atoms with van der Waals surface area (Å²) in [5.41, 5.74) is 0. The van der Waals surface area contributed by atoms with Gasteiger partial charge >= 0.3 is 13.8 Å². The van der Waals surface area contributed by atoms with Crippen molar-refractivity contribution in [1.82, 2.24) is 5.32 Å². The molecule has 0 saturated heterocycles. The summed E-state index contributed by atoms with van der Waals surface area (Å²) in [6, 6.07) is -0.840. The Balaban J connectivity index is 5.02. The van der Waals surface area contributed by atoms with Crippen molar-refractivity contribution < 1.29 is 37.3 Å². The maximum Gasteiger partial charge on any atom is 0.472 e. The fraction of sp³-hybridized carbons (Fsp3) is 0.941. The normalized spacial score (nSPS) is 13.6. The first-order valence-electron chi connectivity index (χ1n) is 34.5. The molecular weight excluding hydrogens is 988 g/mol. The lowest BCUT2D eigenvalue weighted by Gasteiger charge is -2.27. The molecule has 0 aliphatic carbocycles. The molecule has 0 fully saturated rings. The monoisotopic (exact) mass is 1120 g/mol. The maximum atomic E-state index is 13.6. The van der Waals surface area contributed by atoms with Gasteiger partial charge < -0.3 is 19.4 Å². The molecule has 0 rings (SSSR count). The number of hydrogen-bond donors (Lipinski definition) is 2. The van der Waals surface area contributed by atoms with Gasteiger partial charge in [-0.3, -0.25) is 18.6 Å². The zero-order valence-electron chi connectivity index (χ0n) is 53.2. The SMILES string of the molecule is CCCCCCCCCCCCC/C=C\C(OC(=O)CCCCCCCCCCCCCCCC)C(COP(=O)(O)OCC[N+](C)(C)C)NC(=O)CCCCCCCCCCCCCCCCCCCCCCCCCCC. The van der Waals surface area contributed by atoms with Crippen LogP contribution in [0.3, 0.4) is 0 Å². The van der Waals surface area contributed by atoms with Crippen LogP contribution in [0.25, 0.3) is 0 Å². The van der Waals surface area contributed by atoms with Crippen LogP contribution < -0.4 is 5.32 Å². The molecule has 464 valence electrons. The highest BCUT2D eigenvalue weighted by atomic mass is 31.2. The van der Waals surface area contributed by atoms with Gasteiger partial charge in [0, 0.05) is 12.8 Å². The third-order valence-corrected chi connectivity index (χ3v) is 17.0. The van der Waals surface area contributed by atoms with Gasteiger partial charge in [-0.1, -0.05) is 329 Å². The number of amides is 1. The average Bonchev–Trinajstić information content (AvgIpc) is 3.40. The third-order valence-electron chi connectivity index (χ3n) is 16.0. The van der Waals surface area contributed by atoms with Crippen LogP contribution in [-0.2, 0) is 27.9 Å². The Labute approximate surface area is 486 Å². The van der Waals surface area contributed by atoms with E-state index in [4.69, 9.17) is 13.8 Å². The molecule has 0 spiro atoms. The number of hydrogen-bond acceptors (Lipinski definition) is 6. The van der Waals surface area contributed by atoms with Crippen molar-refractivity contribution in [3.05, 3.63) is 12.2 Å². The average molecular weight is 1120 g/mol. The number of likely N-dealkylation sites (N-methyl/N-ethyl adjacent to an activating group) is 1. The number of phosphoric ester groups is 1. The summed E-state index contributed by atoms with van der Waals surface area (Å²) in [5.74, 6) is -0.479. The number of allylic oxidation sites excluding steroid dienone is 1. The molecule has 0 aliphatic heterocycles. The summed E-state index contributed by atoms with van der Waals surface area (Å²) in [4.78, 5) is 37.8. The number of ether oxygens (including phenoxy) is 1. The molecule has 1 amide bonds. The van der Waals surface area contributed by atoms with Gasteiger partial charge in [0.15, 0.2) is 0 Å². The molecule has 78 heavy (non-hydrogen) atoms. The van der Waals surface area contributed by atoms with Gasteiger partial charge in [-0.15, -0.1) is 0 Å². The molecule has 2 N–H and O–H groups in total. The summed E-state index contributed by atoms with van der Waals surface area (Å²) in [6.07, 6.45) is 69.3. The summed E-state index contributed by atoms with van der Waals surface area (Å²) < 4.78 is 30.8. The van der Waals surface area contributed by atoms with Gasteiger partial charge in [0.1, 0.15) is 19.3 Å². The van der Waals surface area contributed by atoms with Crippen LogP contribution in [-0.4, -0.2) is 74.3 Å². The van der Waals surface area contributed by atoms with Gasteiger partial charge in [0.2, 0.25) is 5.91 Å². The van der Waals surface area contributed by atoms with Crippen LogP contribution in [0.1, 0.15) is 361 Å². The minimum atomic E-state index is -4.44. The lowest BCUT2D eigenvalue weighted by molar-refractivity contribution is -0.870. The van der Waals surface area contributed by atoms with E-state index in [0.717, 1.165) is 57.8 Å². The second-order valence-electron chi connectivity index (χ2n) is 25.1. The van der Waals surface area contributed by atoms with Crippen LogP contribution in [0, 0.1) is 0 Å². The van der Waals surface area contributed by atoms with Gasteiger partial charge in [0.25, 0.3) is 0 Å². The standard InChI is InChI=1S/C68H135N2O7P/c1-7-10-13-16-19-22-25-28-30-31-32-33-34-35-36-37-38-39-40-42-45-48-51-54-57-60-67(71)69-65(64-76-78(73,74)75-63-62-70(4,5)6)66(59-56-53-50-47-44-41-27-24-21-18-15-12-9-3)77-68(72)61-58-55-52-49-46-43-29-26-23-20-17-14-11-8-2/h56,59,65-66H,7-55,57-58,60-64H2,1-6H3,(H-,69,71,73,74)/p+1/b59-56-. The molecule has 0 aliphatic rings. The van der Waals surface area contributed by atoms with E-state index >= 15 is 0 Å². The molecule has 0 aromatic rings. The quantitative estimate of drug-likeness (QED) is 0.0205. The van der Waals surface area contributed by atoms with Crippen LogP contribution in [0.5, 0.6) is 0 Å². The predicted octanol–water partition coefficient (Wildman–Crippen LogP) is 21.5. The topological polar surface area (TPSA) is 111 Å². The van der Waals surface area contributed by atoms with E-state index in [9.17, 15) is 19.0 Å². The van der Waals surface area contributed by atoms with Crippen molar-refractivity contribution in [3.63, 3.8) is 0 Å². The van der Waals surface area contributed by atoms with Crippen molar-refractivity contribution in [1.29, 1.82) is 0 Å². The number of nitrogens with zero attached hydrogens (tertiary/aromatic N) is 1. The number of quaternary nitrogens is 1. The lowest BCUT2D eigenvalue weighted by atomic mass is 10.0. The van der Waals surface area contributed by atoms with Crippen molar-refractivity contribution in [2.75, 3.05) is 40.9 Å². The smallest absolute Gasteiger partial charge is 0.456 e. The first-order valence-corrected chi connectivity index (χ1v) is 36.0. The molecular formula is C68H136N2O7P+. The Hall–Kier alpha value is -1.25. The van der Waals surface area contributed by atoms with Gasteiger partial charge in [-0.25, -0.2) is 4.57 Å². The number of carbonyl (C=O) groups is 2. The van der Waals surface area contributed by atoms with E-state index in [1.54, 1.807) is 0 Å². The van der Waals surface area contributed by atoms with Gasteiger partial charge in [0.05, 0.1) is 33.8 Å². The highest BCUT2D eigenvalue weighted by molar-refractivity contribution is 7.47. The first-order chi connectivity index (χ1) is 37.9. The summed E-state index contributed by atoms with van der Waals surface area (Å²) >= 11 is 0. The molecule has 0 saturated carbocycles. The van der Waals surface area contributed by atoms with Gasteiger partial charge in [-0.05, 0) is 31.8 Å². The maximum absolute atomic E-state index is 13.6. The second kappa shape index (κ2) is 58.9. The van der Waals surface area contributed by atoms with Crippen molar-refractivity contribution in [2.45, 2.75) is 373 Å². The number of phosphoric acid groups is 1. The fourth-order valence-corrected chi connectivity index (χ4v) is 11.4. The molecule has 9 nitrogen and oxygen atoms in total. The van der Waals surface area contributed by atoms with E-state index in [0.29, 0.717) is 23.9 Å². The number of esters is 1. The van der Waals surface area contributed by atoms with Crippen molar-refractivity contribution in [2.24, 2.45) is 0 Å². The van der Waals surface area contributed by atoms with E-state index in [-0.39, 0.29) is 25.1 Å². The van der Waals surface area contributed by atoms with Crippen LogP contribution in [0.4, 0.5) is 0 Å². The first kappa shape index (κ1) is 76.8. The lowest BCUT2D eigenvalue weighted by Crippen LogP contribution is -2.47. The van der Waals surface area contributed by atoms with Crippen molar-refractivity contribution in [3.8, 4) is 0 Å². The number of unbranched alkanes of at least 4 members (excludes halogenated alkanes) is 48. The third kappa shape index (κ3) is 59.4. The van der Waals surface area contributed by atoms with Crippen LogP contribution in [0.2, 0.25) is 0 Å². The predicted molar refractivity (Wildman–Crippen MR) is 337 cm³/mol. The molecule has 3 unspecified atom stereocenters. The van der Waals surface area contributed by atoms with E-state index < -0.39 is 20.0 Å². The van der Waals surface area contributed by atoms with E-state index in [1.807, 2.05) is 27.2 Å². The Kier molecular flexibility index (Phi) is 58.0. The number of rotatable bonds is 64. The van der Waals surface area contributed by atoms with Crippen LogP contribution in [0.15, 0.2) is 12.2 Å². The zero-order chi connectivity index (χ0) is 57.2. The van der Waals surface area contributed by atoms with E-state index in [2.05, 4.69) is 32.2 Å². The highest BCUT2D eigenvalue weighted by Gasteiger charge is 2.30. The molecule has 0 heterocycles. The Morgan fingerprint density at radius 2 is 0.731 bits per heavy atom. The zero-order valence-corrected chi connectivity index (χ0v) is 54.1. The molecule has 0 aromatic heterocycles. The Morgan fingerprint density at radius 3 is 1.05 bits per heavy atom. The molecule has 0 aromatic carbocycles. The number of nitrogens with one attached hydrogen (secondary N) is 1. The highest BCUT2D eigenvalue weighted by Crippen LogP contribution is 2.43. The van der Waals surface area contributed by atoms with Gasteiger partial charge in [-0.2, -0.15) is 0 Å². The minimum absolute atomic E-state index is 0.0460. The van der Waals surface area contributed by atoms with Crippen LogP contribution >= 0.6 is 7.82 Å². The molecule has 3 atom stereocenters. The number of carbonyl (C=O) groups excluding carboxylic acids is 2. The molecule has 0 radical (unpaired) electrons. The molecule has 10 heteroatoms. The Morgan fingerprint density at radius 1 is 0.436 bits per heavy atom. The second-order valence-corrected chi connectivity index (χ2v) is 26.5. The van der Waals surface area contributed by atoms with E-state index in [1.165, 1.54) is 270 Å². The summed E-state index contributed by atoms with van der Waals surface area (Å²) in [5, 5.41) is 3.08. The Bertz CT molecular complexity index is 1340. The summed E-state index contributed by atoms with van der Waals surface area (Å²) in [6.45, 7) is 7.08. The van der Waals surface area contributed by atoms with Crippen molar-refractivity contribution >= 4 is 19.7 Å². The minimum Gasteiger partial charge on any atom is -0.456 e. The fourth-order valence-electron chi connectivity index (χ4n) is 10.7. The summed E-state index contributed by atoms with van der Waals surface area (Å²) in [7, 11) is 1.52. The molecule has 0 bridgehead atoms. The largest absolute Gasteiger partial charge is 0.472 e.